The second-order valence-corrected chi connectivity index (χ2v) is 5.14. The maximum absolute atomic E-state index is 4.37. The van der Waals surface area contributed by atoms with Gasteiger partial charge in [0.05, 0.1) is 0 Å². The van der Waals surface area contributed by atoms with Gasteiger partial charge in [-0.15, -0.1) is 0 Å². The lowest BCUT2D eigenvalue weighted by Gasteiger charge is -2.11. The highest BCUT2D eigenvalue weighted by molar-refractivity contribution is 9.10. The van der Waals surface area contributed by atoms with Crippen molar-refractivity contribution in [3.63, 3.8) is 0 Å². The lowest BCUT2D eigenvalue weighted by molar-refractivity contribution is 1.15. The van der Waals surface area contributed by atoms with E-state index in [1.807, 2.05) is 30.3 Å². The molecule has 2 aromatic carbocycles. The molecule has 0 saturated carbocycles. The third-order valence-corrected chi connectivity index (χ3v) is 3.70. The fourth-order valence-electron chi connectivity index (χ4n) is 2.06. The first-order chi connectivity index (χ1) is 9.78. The lowest BCUT2D eigenvalue weighted by Crippen LogP contribution is -2.00. The first kappa shape index (κ1) is 12.9. The molecular formula is C15H13BrN4. The summed E-state index contributed by atoms with van der Waals surface area (Å²) in [5.74, 6) is 1.35. The maximum atomic E-state index is 4.37. The minimum atomic E-state index is 0.594. The number of halogens is 1. The predicted molar refractivity (Wildman–Crippen MR) is 86.5 cm³/mol. The van der Waals surface area contributed by atoms with Crippen LogP contribution >= 0.6 is 15.9 Å². The van der Waals surface area contributed by atoms with Crippen molar-refractivity contribution in [2.75, 3.05) is 17.7 Å². The molecule has 5 heteroatoms. The van der Waals surface area contributed by atoms with E-state index in [4.69, 9.17) is 0 Å². The van der Waals surface area contributed by atoms with E-state index < -0.39 is 0 Å². The van der Waals surface area contributed by atoms with Crippen LogP contribution in [-0.4, -0.2) is 17.0 Å². The molecule has 0 saturated heterocycles. The van der Waals surface area contributed by atoms with Crippen LogP contribution < -0.4 is 10.6 Å². The monoisotopic (exact) mass is 328 g/mol. The van der Waals surface area contributed by atoms with E-state index in [1.54, 1.807) is 13.2 Å². The minimum absolute atomic E-state index is 0.594. The van der Waals surface area contributed by atoms with Gasteiger partial charge in [0, 0.05) is 28.8 Å². The van der Waals surface area contributed by atoms with E-state index in [2.05, 4.69) is 48.7 Å². The van der Waals surface area contributed by atoms with Gasteiger partial charge in [-0.2, -0.15) is 4.98 Å². The summed E-state index contributed by atoms with van der Waals surface area (Å²) in [6.07, 6.45) is 1.72. The number of aromatic nitrogens is 2. The summed E-state index contributed by atoms with van der Waals surface area (Å²) in [4.78, 5) is 8.48. The Morgan fingerprint density at radius 3 is 2.60 bits per heavy atom. The molecule has 0 atom stereocenters. The second kappa shape index (κ2) is 5.46. The van der Waals surface area contributed by atoms with Crippen molar-refractivity contribution in [2.24, 2.45) is 0 Å². The van der Waals surface area contributed by atoms with Crippen LogP contribution in [0.4, 0.5) is 17.5 Å². The normalized spacial score (nSPS) is 10.5. The topological polar surface area (TPSA) is 49.8 Å². The number of anilines is 3. The van der Waals surface area contributed by atoms with Crippen LogP contribution in [0, 0.1) is 0 Å². The van der Waals surface area contributed by atoms with Crippen molar-refractivity contribution in [3.05, 3.63) is 53.1 Å². The number of hydrogen-bond donors (Lipinski definition) is 2. The van der Waals surface area contributed by atoms with Gasteiger partial charge in [0.1, 0.15) is 5.82 Å². The maximum Gasteiger partial charge on any atom is 0.224 e. The van der Waals surface area contributed by atoms with Gasteiger partial charge in [0.25, 0.3) is 0 Å². The number of rotatable bonds is 3. The van der Waals surface area contributed by atoms with Crippen molar-refractivity contribution >= 4 is 44.2 Å². The molecule has 0 unspecified atom stereocenters. The molecule has 0 bridgehead atoms. The van der Waals surface area contributed by atoms with Gasteiger partial charge in [-0.25, -0.2) is 4.98 Å². The van der Waals surface area contributed by atoms with Gasteiger partial charge in [-0.05, 0) is 23.6 Å². The molecule has 0 aliphatic heterocycles. The Hall–Kier alpha value is -2.14. The molecule has 0 amide bonds. The molecule has 0 aliphatic carbocycles. The zero-order valence-electron chi connectivity index (χ0n) is 10.9. The highest BCUT2D eigenvalue weighted by Gasteiger charge is 2.05. The Kier molecular flexibility index (Phi) is 3.52. The summed E-state index contributed by atoms with van der Waals surface area (Å²) in [5.41, 5.74) is 1.02. The van der Waals surface area contributed by atoms with Crippen molar-refractivity contribution in [1.29, 1.82) is 0 Å². The third-order valence-electron chi connectivity index (χ3n) is 3.01. The van der Waals surface area contributed by atoms with Crippen LogP contribution in [0.2, 0.25) is 0 Å². The predicted octanol–water partition coefficient (Wildman–Crippen LogP) is 4.18. The molecule has 0 radical (unpaired) electrons. The van der Waals surface area contributed by atoms with Gasteiger partial charge in [-0.1, -0.05) is 40.2 Å². The Bertz CT molecular complexity index is 758. The summed E-state index contributed by atoms with van der Waals surface area (Å²) in [6.45, 7) is 0. The largest absolute Gasteiger partial charge is 0.357 e. The van der Waals surface area contributed by atoms with Crippen molar-refractivity contribution in [1.82, 2.24) is 9.97 Å². The molecule has 2 N–H and O–H groups in total. The van der Waals surface area contributed by atoms with E-state index in [-0.39, 0.29) is 0 Å². The average molecular weight is 329 g/mol. The van der Waals surface area contributed by atoms with E-state index in [0.29, 0.717) is 5.95 Å². The standard InChI is InChI=1S/C15H13BrN4/c1-17-15-18-9-8-14(20-15)19-13-7-6-12(16)10-4-2-3-5-11(10)13/h2-9H,1H3,(H2,17,18,19,20). The Labute approximate surface area is 125 Å². The summed E-state index contributed by atoms with van der Waals surface area (Å²) >= 11 is 3.58. The Morgan fingerprint density at radius 1 is 1.00 bits per heavy atom. The lowest BCUT2D eigenvalue weighted by atomic mass is 10.1. The van der Waals surface area contributed by atoms with Gasteiger partial charge >= 0.3 is 0 Å². The number of nitrogens with zero attached hydrogens (tertiary/aromatic N) is 2. The Balaban J connectivity index is 2.04. The van der Waals surface area contributed by atoms with Crippen molar-refractivity contribution < 1.29 is 0 Å². The summed E-state index contributed by atoms with van der Waals surface area (Å²) in [5, 5.41) is 8.58. The zero-order chi connectivity index (χ0) is 13.9. The quantitative estimate of drug-likeness (QED) is 0.757. The number of benzene rings is 2. The Morgan fingerprint density at radius 2 is 1.80 bits per heavy atom. The molecule has 20 heavy (non-hydrogen) atoms. The smallest absolute Gasteiger partial charge is 0.224 e. The fraction of sp³-hybridized carbons (Fsp3) is 0.0667. The molecule has 0 fully saturated rings. The highest BCUT2D eigenvalue weighted by Crippen LogP contribution is 2.31. The van der Waals surface area contributed by atoms with Crippen LogP contribution in [0.1, 0.15) is 0 Å². The molecule has 1 aromatic heterocycles. The molecule has 3 rings (SSSR count). The van der Waals surface area contributed by atoms with E-state index in [0.717, 1.165) is 21.4 Å². The first-order valence-corrected chi connectivity index (χ1v) is 7.02. The third kappa shape index (κ3) is 2.44. The molecule has 100 valence electrons. The summed E-state index contributed by atoms with van der Waals surface area (Å²) < 4.78 is 1.08. The fourth-order valence-corrected chi connectivity index (χ4v) is 2.54. The SMILES string of the molecule is CNc1nccc(Nc2ccc(Br)c3ccccc23)n1. The molecule has 0 aliphatic rings. The number of hydrogen-bond acceptors (Lipinski definition) is 4. The second-order valence-electron chi connectivity index (χ2n) is 4.28. The summed E-state index contributed by atoms with van der Waals surface area (Å²) in [7, 11) is 1.80. The van der Waals surface area contributed by atoms with Gasteiger partial charge in [-0.3, -0.25) is 0 Å². The molecular weight excluding hydrogens is 316 g/mol. The van der Waals surface area contributed by atoms with Gasteiger partial charge < -0.3 is 10.6 Å². The van der Waals surface area contributed by atoms with Gasteiger partial charge in [0.15, 0.2) is 0 Å². The average Bonchev–Trinajstić information content (AvgIpc) is 2.51. The van der Waals surface area contributed by atoms with Crippen LogP contribution in [0.5, 0.6) is 0 Å². The van der Waals surface area contributed by atoms with Crippen LogP contribution in [-0.2, 0) is 0 Å². The van der Waals surface area contributed by atoms with Crippen LogP contribution in [0.15, 0.2) is 53.1 Å². The molecule has 3 aromatic rings. The van der Waals surface area contributed by atoms with E-state index in [9.17, 15) is 0 Å². The molecule has 4 nitrogen and oxygen atoms in total. The zero-order valence-corrected chi connectivity index (χ0v) is 12.5. The summed E-state index contributed by atoms with van der Waals surface area (Å²) in [6, 6.07) is 14.1. The van der Waals surface area contributed by atoms with E-state index >= 15 is 0 Å². The van der Waals surface area contributed by atoms with Gasteiger partial charge in [0.2, 0.25) is 5.95 Å². The molecule has 0 spiro atoms. The van der Waals surface area contributed by atoms with Crippen LogP contribution in [0.3, 0.4) is 0 Å². The highest BCUT2D eigenvalue weighted by atomic mass is 79.9. The first-order valence-electron chi connectivity index (χ1n) is 6.23. The molecule has 1 heterocycles. The van der Waals surface area contributed by atoms with Crippen molar-refractivity contribution in [2.45, 2.75) is 0 Å². The minimum Gasteiger partial charge on any atom is -0.357 e. The van der Waals surface area contributed by atoms with Crippen molar-refractivity contribution in [3.8, 4) is 0 Å². The number of fused-ring (bicyclic) bond motifs is 1. The number of nitrogens with one attached hydrogen (secondary N) is 2. The van der Waals surface area contributed by atoms with E-state index in [1.165, 1.54) is 5.39 Å². The van der Waals surface area contributed by atoms with Crippen LogP contribution in [0.25, 0.3) is 10.8 Å².